The Morgan fingerprint density at radius 2 is 2.12 bits per heavy atom. The van der Waals surface area contributed by atoms with Crippen LogP contribution >= 0.6 is 11.8 Å². The predicted octanol–water partition coefficient (Wildman–Crippen LogP) is 1.59. The van der Waals surface area contributed by atoms with Gasteiger partial charge in [-0.3, -0.25) is 4.79 Å². The van der Waals surface area contributed by atoms with Gasteiger partial charge in [0.15, 0.2) is 0 Å². The number of carbonyl (C=O) groups is 1. The van der Waals surface area contributed by atoms with Gasteiger partial charge in [-0.2, -0.15) is 11.8 Å². The van der Waals surface area contributed by atoms with Gasteiger partial charge in [-0.1, -0.05) is 0 Å². The minimum absolute atomic E-state index is 0.358. The van der Waals surface area contributed by atoms with E-state index in [-0.39, 0.29) is 0 Å². The number of hydrogen-bond acceptors (Lipinski definition) is 3. The number of nitrogens with zero attached hydrogens (tertiary/aromatic N) is 1. The molecule has 0 aromatic rings. The lowest BCUT2D eigenvalue weighted by atomic mass is 9.96. The van der Waals surface area contributed by atoms with E-state index in [2.05, 4.69) is 11.6 Å². The van der Waals surface area contributed by atoms with Gasteiger partial charge in [-0.15, -0.1) is 0 Å². The van der Waals surface area contributed by atoms with Gasteiger partial charge in [0.25, 0.3) is 0 Å². The summed E-state index contributed by atoms with van der Waals surface area (Å²) in [5.74, 6) is 2.22. The predicted molar refractivity (Wildman–Crippen MR) is 70.8 cm³/mol. The minimum Gasteiger partial charge on any atom is -0.343 e. The molecule has 1 rings (SSSR count). The zero-order chi connectivity index (χ0) is 11.8. The molecular weight excluding hydrogens is 220 g/mol. The monoisotopic (exact) mass is 244 g/mol. The third-order valence-electron chi connectivity index (χ3n) is 3.20. The van der Waals surface area contributed by atoms with Crippen LogP contribution in [0.25, 0.3) is 0 Å². The number of rotatable bonds is 6. The number of carbonyl (C=O) groups excluding carboxylic acids is 1. The molecule has 0 unspecified atom stereocenters. The van der Waals surface area contributed by atoms with E-state index in [1.807, 2.05) is 23.7 Å². The molecule has 1 amide bonds. The fourth-order valence-corrected chi connectivity index (χ4v) is 2.63. The van der Waals surface area contributed by atoms with Crippen molar-refractivity contribution in [3.05, 3.63) is 0 Å². The summed E-state index contributed by atoms with van der Waals surface area (Å²) in [5.41, 5.74) is 0. The van der Waals surface area contributed by atoms with E-state index < -0.39 is 0 Å². The minimum atomic E-state index is 0.358. The Bertz CT molecular complexity index is 203. The van der Waals surface area contributed by atoms with Gasteiger partial charge in [0.2, 0.25) is 5.91 Å². The Labute approximate surface area is 103 Å². The normalized spacial score (nSPS) is 17.8. The summed E-state index contributed by atoms with van der Waals surface area (Å²) in [6.45, 7) is 3.02. The van der Waals surface area contributed by atoms with E-state index in [4.69, 9.17) is 0 Å². The average molecular weight is 244 g/mol. The molecule has 1 heterocycles. The van der Waals surface area contributed by atoms with Crippen LogP contribution in [-0.4, -0.2) is 49.5 Å². The molecule has 1 fully saturated rings. The fourth-order valence-electron chi connectivity index (χ4n) is 2.20. The summed E-state index contributed by atoms with van der Waals surface area (Å²) in [4.78, 5) is 13.9. The molecule has 0 spiro atoms. The maximum atomic E-state index is 11.8. The third kappa shape index (κ3) is 4.74. The van der Waals surface area contributed by atoms with E-state index in [0.29, 0.717) is 5.91 Å². The summed E-state index contributed by atoms with van der Waals surface area (Å²) >= 11 is 1.82. The molecule has 0 aliphatic carbocycles. The van der Waals surface area contributed by atoms with Crippen molar-refractivity contribution < 1.29 is 4.79 Å². The maximum Gasteiger partial charge on any atom is 0.222 e. The van der Waals surface area contributed by atoms with Crippen LogP contribution in [0.1, 0.15) is 25.7 Å². The molecule has 0 aromatic heterocycles. The Hall–Kier alpha value is -0.220. The van der Waals surface area contributed by atoms with Crippen molar-refractivity contribution in [2.75, 3.05) is 38.7 Å². The Morgan fingerprint density at radius 3 is 2.69 bits per heavy atom. The molecule has 4 heteroatoms. The lowest BCUT2D eigenvalue weighted by Crippen LogP contribution is -2.40. The van der Waals surface area contributed by atoms with E-state index in [9.17, 15) is 4.79 Å². The van der Waals surface area contributed by atoms with Crippen molar-refractivity contribution in [2.24, 2.45) is 5.92 Å². The Morgan fingerprint density at radius 1 is 1.44 bits per heavy atom. The molecule has 1 saturated heterocycles. The largest absolute Gasteiger partial charge is 0.343 e. The number of hydrogen-bond donors (Lipinski definition) is 1. The Kier molecular flexibility index (Phi) is 6.88. The van der Waals surface area contributed by atoms with Gasteiger partial charge < -0.3 is 10.2 Å². The van der Waals surface area contributed by atoms with Crippen molar-refractivity contribution in [3.63, 3.8) is 0 Å². The first kappa shape index (κ1) is 13.8. The lowest BCUT2D eigenvalue weighted by molar-refractivity contribution is -0.132. The van der Waals surface area contributed by atoms with Crippen LogP contribution in [0.5, 0.6) is 0 Å². The first-order valence-corrected chi connectivity index (χ1v) is 7.58. The second-order valence-corrected chi connectivity index (χ2v) is 5.46. The molecule has 1 aliphatic heterocycles. The van der Waals surface area contributed by atoms with E-state index in [1.54, 1.807) is 0 Å². The summed E-state index contributed by atoms with van der Waals surface area (Å²) in [5, 5.41) is 3.22. The molecule has 0 radical (unpaired) electrons. The van der Waals surface area contributed by atoms with Crippen molar-refractivity contribution in [1.29, 1.82) is 0 Å². The van der Waals surface area contributed by atoms with Gasteiger partial charge in [0, 0.05) is 19.5 Å². The van der Waals surface area contributed by atoms with E-state index in [1.165, 1.54) is 0 Å². The van der Waals surface area contributed by atoms with Crippen LogP contribution in [0.3, 0.4) is 0 Å². The molecule has 16 heavy (non-hydrogen) atoms. The van der Waals surface area contributed by atoms with Crippen LogP contribution in [0.15, 0.2) is 0 Å². The number of amides is 1. The highest BCUT2D eigenvalue weighted by molar-refractivity contribution is 7.98. The second kappa shape index (κ2) is 7.96. The Balaban J connectivity index is 2.17. The van der Waals surface area contributed by atoms with Crippen LogP contribution in [0.4, 0.5) is 0 Å². The van der Waals surface area contributed by atoms with Crippen LogP contribution in [-0.2, 0) is 4.79 Å². The highest BCUT2D eigenvalue weighted by Gasteiger charge is 2.21. The van der Waals surface area contributed by atoms with E-state index in [0.717, 1.165) is 57.0 Å². The number of thioether (sulfide) groups is 1. The first-order valence-electron chi connectivity index (χ1n) is 6.19. The van der Waals surface area contributed by atoms with Crippen LogP contribution in [0.2, 0.25) is 0 Å². The summed E-state index contributed by atoms with van der Waals surface area (Å²) in [6, 6.07) is 0. The maximum absolute atomic E-state index is 11.8. The summed E-state index contributed by atoms with van der Waals surface area (Å²) in [7, 11) is 2.00. The lowest BCUT2D eigenvalue weighted by Gasteiger charge is -2.32. The molecule has 94 valence electrons. The highest BCUT2D eigenvalue weighted by atomic mass is 32.2. The zero-order valence-corrected chi connectivity index (χ0v) is 11.3. The topological polar surface area (TPSA) is 32.3 Å². The molecule has 1 aliphatic rings. The SMILES string of the molecule is CNCC1CCN(C(=O)CCCSC)CC1. The molecule has 1 N–H and O–H groups in total. The number of nitrogens with one attached hydrogen (secondary N) is 1. The van der Waals surface area contributed by atoms with Crippen LogP contribution in [0, 0.1) is 5.92 Å². The molecule has 0 atom stereocenters. The molecule has 0 saturated carbocycles. The molecule has 0 aromatic carbocycles. The van der Waals surface area contributed by atoms with Gasteiger partial charge in [-0.25, -0.2) is 0 Å². The van der Waals surface area contributed by atoms with Crippen molar-refractivity contribution >= 4 is 17.7 Å². The third-order valence-corrected chi connectivity index (χ3v) is 3.90. The van der Waals surface area contributed by atoms with Crippen molar-refractivity contribution in [3.8, 4) is 0 Å². The zero-order valence-electron chi connectivity index (χ0n) is 10.5. The summed E-state index contributed by atoms with van der Waals surface area (Å²) in [6.07, 6.45) is 6.17. The highest BCUT2D eigenvalue weighted by Crippen LogP contribution is 2.17. The first-order chi connectivity index (χ1) is 7.77. The standard InChI is InChI=1S/C12H24N2OS/c1-13-10-11-5-7-14(8-6-11)12(15)4-3-9-16-2/h11,13H,3-10H2,1-2H3. The fraction of sp³-hybridized carbons (Fsp3) is 0.917. The van der Waals surface area contributed by atoms with Crippen molar-refractivity contribution in [1.82, 2.24) is 10.2 Å². The van der Waals surface area contributed by atoms with Crippen LogP contribution < -0.4 is 5.32 Å². The van der Waals surface area contributed by atoms with Gasteiger partial charge in [0.1, 0.15) is 0 Å². The van der Waals surface area contributed by atoms with E-state index >= 15 is 0 Å². The molecule has 3 nitrogen and oxygen atoms in total. The molecule has 0 bridgehead atoms. The van der Waals surface area contributed by atoms with Crippen molar-refractivity contribution in [2.45, 2.75) is 25.7 Å². The average Bonchev–Trinajstić information content (AvgIpc) is 2.30. The smallest absolute Gasteiger partial charge is 0.222 e. The number of piperidine rings is 1. The van der Waals surface area contributed by atoms with Gasteiger partial charge in [0.05, 0.1) is 0 Å². The second-order valence-electron chi connectivity index (χ2n) is 4.48. The van der Waals surface area contributed by atoms with Gasteiger partial charge >= 0.3 is 0 Å². The molecular formula is C12H24N2OS. The van der Waals surface area contributed by atoms with Gasteiger partial charge in [-0.05, 0) is 50.8 Å². The summed E-state index contributed by atoms with van der Waals surface area (Å²) < 4.78 is 0. The quantitative estimate of drug-likeness (QED) is 0.720. The number of likely N-dealkylation sites (tertiary alicyclic amines) is 1.